The summed E-state index contributed by atoms with van der Waals surface area (Å²) in [6.45, 7) is 11.4. The predicted molar refractivity (Wildman–Crippen MR) is 369 cm³/mol. The van der Waals surface area contributed by atoms with E-state index in [0.29, 0.717) is 86.9 Å². The lowest BCUT2D eigenvalue weighted by Crippen LogP contribution is -2.23. The van der Waals surface area contributed by atoms with E-state index in [9.17, 15) is 5.11 Å². The van der Waals surface area contributed by atoms with E-state index in [-0.39, 0.29) is 18.8 Å². The molecule has 0 spiro atoms. The summed E-state index contributed by atoms with van der Waals surface area (Å²) in [4.78, 5) is 18.1. The number of hydrogen-bond acceptors (Lipinski definition) is 8. The standard InChI is InChI=1S/C84H71NO7/c1-3-43-85(44-4-2)53-62-45-69-48-67-35-21-33-65(80(67)88-54-58-23-9-5-10-24-58)47-66-34-22-36-68(81(66)89-55-59-25-11-6-12-26-59)49-71-51-73(52-72(83(71)91-57-61-29-15-8-16-30-61)50-70(46-62)82(69)90-56-60-27-13-7-14-28-60)84(87)92-77-42-40-64-32-18-20-38-75(64)79(77)78-74-37-19-17-31-63(74)39-41-76(78)86/h3-42,45-46,51-52,86H,1-2,43-44,47-50,53-57H2. The molecule has 0 unspecified atom stereocenters. The van der Waals surface area contributed by atoms with Gasteiger partial charge in [0, 0.05) is 56.4 Å². The Morgan fingerprint density at radius 2 is 0.739 bits per heavy atom. The average Bonchev–Trinajstić information content (AvgIpc) is 0.799. The minimum atomic E-state index is -0.580. The Bertz CT molecular complexity index is 4590. The summed E-state index contributed by atoms with van der Waals surface area (Å²) in [5, 5.41) is 15.4. The van der Waals surface area contributed by atoms with Crippen molar-refractivity contribution in [1.29, 1.82) is 0 Å². The number of carbonyl (C=O) groups is 1. The average molecular weight is 1210 g/mol. The molecular weight excluding hydrogens is 1130 g/mol. The fraction of sp³-hybridized carbons (Fsp3) is 0.131. The van der Waals surface area contributed by atoms with Crippen molar-refractivity contribution in [3.63, 3.8) is 0 Å². The molecular formula is C84H71NO7. The molecule has 0 heterocycles. The highest BCUT2D eigenvalue weighted by Crippen LogP contribution is 2.46. The van der Waals surface area contributed by atoms with Gasteiger partial charge >= 0.3 is 5.97 Å². The molecule has 0 atom stereocenters. The Morgan fingerprint density at radius 3 is 1.17 bits per heavy atom. The maximum atomic E-state index is 15.8. The summed E-state index contributed by atoms with van der Waals surface area (Å²) >= 11 is 0. The number of phenols is 1. The SMILES string of the molecule is C=CCN(CC=C)Cc1cc2c(OCc3ccccc3)c(c1)Cc1cc(C(=O)Oc3ccc4ccccc4c3-c3c(O)ccc4ccccc34)cc(c1OCc1ccccc1)Cc1cccc(c1OCc1ccccc1)Cc1cccc(c1OCc1ccccc1)C2. The highest BCUT2D eigenvalue weighted by atomic mass is 16.5. The summed E-state index contributed by atoms with van der Waals surface area (Å²) in [6.07, 6.45) is 5.38. The van der Waals surface area contributed by atoms with E-state index in [2.05, 4.69) is 115 Å². The number of phenolic OH excluding ortho intramolecular Hbond substituents is 1. The molecule has 454 valence electrons. The lowest BCUT2D eigenvalue weighted by molar-refractivity contribution is 0.0735. The van der Waals surface area contributed by atoms with Crippen LogP contribution in [0.2, 0.25) is 0 Å². The largest absolute Gasteiger partial charge is 0.507 e. The van der Waals surface area contributed by atoms with Gasteiger partial charge in [0.1, 0.15) is 60.9 Å². The third-order valence-electron chi connectivity index (χ3n) is 17.0. The quantitative estimate of drug-likeness (QED) is 0.0433. The van der Waals surface area contributed by atoms with E-state index in [0.717, 1.165) is 111 Å². The minimum Gasteiger partial charge on any atom is -0.507 e. The summed E-state index contributed by atoms with van der Waals surface area (Å²) < 4.78 is 35.6. The number of fused-ring (bicyclic) bond motifs is 10. The molecule has 0 aromatic heterocycles. The molecule has 0 radical (unpaired) electrons. The molecule has 8 nitrogen and oxygen atoms in total. The van der Waals surface area contributed by atoms with Crippen LogP contribution in [0.3, 0.4) is 0 Å². The fourth-order valence-corrected chi connectivity index (χ4v) is 12.7. The van der Waals surface area contributed by atoms with E-state index in [1.54, 1.807) is 6.07 Å². The van der Waals surface area contributed by atoms with Gasteiger partial charge in [-0.2, -0.15) is 0 Å². The lowest BCUT2D eigenvalue weighted by Gasteiger charge is -2.25. The maximum absolute atomic E-state index is 15.8. The van der Waals surface area contributed by atoms with Gasteiger partial charge in [-0.15, -0.1) is 13.2 Å². The van der Waals surface area contributed by atoms with Crippen molar-refractivity contribution >= 4 is 27.5 Å². The molecule has 1 N–H and O–H groups in total. The molecule has 12 aromatic rings. The number of ether oxygens (including phenoxy) is 5. The second-order valence-corrected chi connectivity index (χ2v) is 23.5. The first-order valence-corrected chi connectivity index (χ1v) is 31.4. The number of hydrogen-bond donors (Lipinski definition) is 1. The first-order chi connectivity index (χ1) is 45.3. The van der Waals surface area contributed by atoms with Gasteiger partial charge in [0.25, 0.3) is 0 Å². The normalized spacial score (nSPS) is 11.9. The monoisotopic (exact) mass is 1210 g/mol. The third-order valence-corrected chi connectivity index (χ3v) is 17.0. The number of rotatable bonds is 21. The number of carbonyl (C=O) groups excluding carboxylic acids is 1. The topological polar surface area (TPSA) is 86.7 Å². The van der Waals surface area contributed by atoms with Crippen LogP contribution in [0.15, 0.2) is 280 Å². The number of esters is 1. The van der Waals surface area contributed by atoms with Gasteiger partial charge in [0.2, 0.25) is 0 Å². The highest BCUT2D eigenvalue weighted by Gasteiger charge is 2.27. The van der Waals surface area contributed by atoms with Crippen molar-refractivity contribution in [2.75, 3.05) is 13.1 Å². The molecule has 0 saturated heterocycles. The van der Waals surface area contributed by atoms with E-state index in [1.807, 2.05) is 164 Å². The van der Waals surface area contributed by atoms with Crippen LogP contribution in [0.4, 0.5) is 0 Å². The smallest absolute Gasteiger partial charge is 0.343 e. The van der Waals surface area contributed by atoms with Crippen LogP contribution in [-0.4, -0.2) is 29.1 Å². The zero-order valence-electron chi connectivity index (χ0n) is 51.4. The lowest BCUT2D eigenvalue weighted by atomic mass is 9.89. The summed E-state index contributed by atoms with van der Waals surface area (Å²) in [5.41, 5.74) is 13.9. The van der Waals surface area contributed by atoms with Gasteiger partial charge < -0.3 is 28.8 Å². The van der Waals surface area contributed by atoms with Crippen molar-refractivity contribution in [3.05, 3.63) is 358 Å². The molecule has 0 aliphatic heterocycles. The van der Waals surface area contributed by atoms with Gasteiger partial charge in [0.05, 0.1) is 5.56 Å². The molecule has 8 bridgehead atoms. The molecule has 0 saturated carbocycles. The zero-order chi connectivity index (χ0) is 62.6. The second-order valence-electron chi connectivity index (χ2n) is 23.5. The Morgan fingerprint density at radius 1 is 0.380 bits per heavy atom. The maximum Gasteiger partial charge on any atom is 0.343 e. The van der Waals surface area contributed by atoms with Gasteiger partial charge in [0.15, 0.2) is 0 Å². The Labute approximate surface area is 538 Å². The van der Waals surface area contributed by atoms with Crippen LogP contribution in [0.5, 0.6) is 34.5 Å². The van der Waals surface area contributed by atoms with Crippen molar-refractivity contribution in [2.45, 2.75) is 58.7 Å². The second kappa shape index (κ2) is 28.3. The first-order valence-electron chi connectivity index (χ1n) is 31.4. The Hall–Kier alpha value is -10.9. The summed E-state index contributed by atoms with van der Waals surface area (Å²) in [5.74, 6) is 2.69. The molecule has 0 fully saturated rings. The number of benzene rings is 12. The third kappa shape index (κ3) is 13.8. The number of nitrogens with zero attached hydrogens (tertiary/aromatic N) is 1. The Balaban J connectivity index is 1.05. The molecule has 1 aliphatic carbocycles. The Kier molecular flexibility index (Phi) is 18.4. The minimum absolute atomic E-state index is 0.0705. The summed E-state index contributed by atoms with van der Waals surface area (Å²) in [6, 6.07) is 85.5. The molecule has 8 heteroatoms. The van der Waals surface area contributed by atoms with E-state index >= 15 is 4.79 Å². The van der Waals surface area contributed by atoms with Crippen molar-refractivity contribution in [2.24, 2.45) is 0 Å². The first kappa shape index (κ1) is 60.0. The fourth-order valence-electron chi connectivity index (χ4n) is 12.7. The van der Waals surface area contributed by atoms with Crippen LogP contribution in [0, 0.1) is 0 Å². The van der Waals surface area contributed by atoms with Crippen LogP contribution in [-0.2, 0) is 58.7 Å². The van der Waals surface area contributed by atoms with Crippen LogP contribution < -0.4 is 23.7 Å². The molecule has 0 amide bonds. The molecule has 92 heavy (non-hydrogen) atoms. The van der Waals surface area contributed by atoms with E-state index in [1.165, 1.54) is 0 Å². The van der Waals surface area contributed by atoms with Gasteiger partial charge in [-0.05, 0) is 118 Å². The summed E-state index contributed by atoms with van der Waals surface area (Å²) in [7, 11) is 0. The van der Waals surface area contributed by atoms with Crippen LogP contribution in [0.1, 0.15) is 82.7 Å². The number of aromatic hydroxyl groups is 1. The van der Waals surface area contributed by atoms with Gasteiger partial charge in [-0.3, -0.25) is 4.90 Å². The van der Waals surface area contributed by atoms with Gasteiger partial charge in [-0.1, -0.05) is 243 Å². The highest BCUT2D eigenvalue weighted by molar-refractivity contribution is 6.10. The zero-order valence-corrected chi connectivity index (χ0v) is 51.4. The van der Waals surface area contributed by atoms with Crippen molar-refractivity contribution < 1.29 is 33.6 Å². The van der Waals surface area contributed by atoms with E-state index in [4.69, 9.17) is 23.7 Å². The predicted octanol–water partition coefficient (Wildman–Crippen LogP) is 18.8. The van der Waals surface area contributed by atoms with Crippen LogP contribution in [0.25, 0.3) is 32.7 Å². The van der Waals surface area contributed by atoms with Crippen molar-refractivity contribution in [1.82, 2.24) is 4.90 Å². The van der Waals surface area contributed by atoms with Crippen LogP contribution >= 0.6 is 0 Å². The molecule has 13 rings (SSSR count). The van der Waals surface area contributed by atoms with E-state index < -0.39 is 5.97 Å². The molecule has 1 aliphatic rings. The molecule has 12 aromatic carbocycles. The number of para-hydroxylation sites is 2. The van der Waals surface area contributed by atoms with Gasteiger partial charge in [-0.25, -0.2) is 4.79 Å². The van der Waals surface area contributed by atoms with Crippen molar-refractivity contribution in [3.8, 4) is 45.6 Å².